The van der Waals surface area contributed by atoms with Crippen molar-refractivity contribution in [1.29, 1.82) is 0 Å². The van der Waals surface area contributed by atoms with Crippen LogP contribution in [0.4, 0.5) is 0 Å². The van der Waals surface area contributed by atoms with Crippen molar-refractivity contribution in [2.45, 2.75) is 364 Å². The van der Waals surface area contributed by atoms with Gasteiger partial charge in [-0.3, -0.25) is 52.7 Å². The van der Waals surface area contributed by atoms with Crippen molar-refractivity contribution < 1.29 is 138 Å². The van der Waals surface area contributed by atoms with Crippen molar-refractivity contribution >= 4 is 76.5 Å². The molecule has 5 amide bonds. The van der Waals surface area contributed by atoms with Crippen LogP contribution in [0.3, 0.4) is 0 Å². The molecule has 0 aromatic carbocycles. The fourth-order valence-corrected chi connectivity index (χ4v) is 11.4. The summed E-state index contributed by atoms with van der Waals surface area (Å²) >= 11 is 0. The zero-order valence-corrected chi connectivity index (χ0v) is 76.9. The van der Waals surface area contributed by atoms with Gasteiger partial charge in [0.2, 0.25) is 29.5 Å². The number of amides is 5. The Morgan fingerprint density at radius 3 is 0.925 bits per heavy atom. The Bertz CT molecular complexity index is 3860. The average Bonchev–Trinajstić information content (AvgIpc) is 1.67. The van der Waals surface area contributed by atoms with Gasteiger partial charge in [-0.25, -0.2) is 9.59 Å². The van der Waals surface area contributed by atoms with Gasteiger partial charge in [-0.15, -0.1) is 0 Å². The first kappa shape index (κ1) is 84.5. The molecule has 18 atom stereocenters. The zero-order chi connectivity index (χ0) is 110. The lowest BCUT2D eigenvalue weighted by atomic mass is 9.90. The van der Waals surface area contributed by atoms with E-state index < -0.39 is 196 Å². The minimum atomic E-state index is -2.67. The summed E-state index contributed by atoms with van der Waals surface area (Å²) in [5.41, 5.74) is -2.66. The Kier molecular flexibility index (Phi) is 43.6. The van der Waals surface area contributed by atoms with Gasteiger partial charge >= 0.3 is 23.9 Å². The minimum absolute atomic E-state index is 0.01000. The van der Waals surface area contributed by atoms with Gasteiger partial charge in [-0.05, 0) is 193 Å². The topological polar surface area (TPSA) is 417 Å². The van der Waals surface area contributed by atoms with Gasteiger partial charge < -0.3 is 75.1 Å². The quantitative estimate of drug-likeness (QED) is 0.0159. The van der Waals surface area contributed by atoms with Gasteiger partial charge in [0.05, 0.1) is 38.3 Å². The van der Waals surface area contributed by atoms with E-state index in [1.807, 2.05) is 62.3 Å². The smallest absolute Gasteiger partial charge is 0.338 e. The highest BCUT2D eigenvalue weighted by Gasteiger charge is 2.53. The van der Waals surface area contributed by atoms with E-state index in [0.29, 0.717) is 51.0 Å². The Labute approximate surface area is 750 Å². The molecule has 3 heterocycles. The van der Waals surface area contributed by atoms with Crippen LogP contribution in [0.2, 0.25) is 0 Å². The molecule has 0 spiro atoms. The van der Waals surface area contributed by atoms with Gasteiger partial charge in [-0.2, -0.15) is 0 Å². The molecule has 700 valence electrons. The van der Waals surface area contributed by atoms with Crippen molar-refractivity contribution in [1.82, 2.24) is 26.6 Å². The number of ketones is 4. The molecule has 6 unspecified atom stereocenters. The number of hydrogen-bond acceptors (Lipinski definition) is 23. The number of aliphatic hydroxyl groups excluding tert-OH is 2. The van der Waals surface area contributed by atoms with Crippen LogP contribution in [0.15, 0.2) is 0 Å². The minimum Gasteiger partial charge on any atom is -0.464 e. The van der Waals surface area contributed by atoms with Crippen LogP contribution < -0.4 is 26.6 Å². The lowest BCUT2D eigenvalue weighted by Crippen LogP contribution is -2.38. The summed E-state index contributed by atoms with van der Waals surface area (Å²) < 4.78 is 184. The van der Waals surface area contributed by atoms with E-state index in [9.17, 15) is 67.4 Å². The number of carbonyl (C=O) groups excluding carboxylic acids is 13. The maximum absolute atomic E-state index is 12.6. The molecule has 0 aliphatic carbocycles. The summed E-state index contributed by atoms with van der Waals surface area (Å²) in [6.07, 6.45) is -2.32. The monoisotopic (exact) mass is 1730 g/mol. The van der Waals surface area contributed by atoms with Crippen molar-refractivity contribution in [3.8, 4) is 0 Å². The lowest BCUT2D eigenvalue weighted by molar-refractivity contribution is -0.158. The number of aliphatic hydroxyl groups is 3. The second kappa shape index (κ2) is 61.9. The van der Waals surface area contributed by atoms with Crippen LogP contribution in [0.1, 0.15) is 338 Å². The van der Waals surface area contributed by atoms with Crippen LogP contribution in [0.25, 0.3) is 0 Å². The number of nitrogens with one attached hydrogen (secondary N) is 5. The molecule has 8 N–H and O–H groups in total. The van der Waals surface area contributed by atoms with Gasteiger partial charge in [0.1, 0.15) is 23.4 Å². The average molecular weight is 1730 g/mol. The molecule has 3 fully saturated rings. The molecule has 0 aromatic rings. The molecule has 28 nitrogen and oxygen atoms in total. The van der Waals surface area contributed by atoms with E-state index in [0.717, 1.165) is 0 Å². The molecule has 120 heavy (non-hydrogen) atoms. The first-order valence-corrected chi connectivity index (χ1v) is 42.3. The van der Waals surface area contributed by atoms with Crippen molar-refractivity contribution in [2.24, 2.45) is 88.6 Å². The number of carbonyl (C=O) groups is 13. The molecule has 3 aliphatic heterocycles. The maximum Gasteiger partial charge on any atom is 0.338 e. The summed E-state index contributed by atoms with van der Waals surface area (Å²) in [6.45, 7) is 30.9. The Hall–Kier alpha value is -6.33. The number of esters is 4. The Balaban J connectivity index is -0.00000164. The van der Waals surface area contributed by atoms with Crippen molar-refractivity contribution in [3.05, 3.63) is 0 Å². The molecular formula is C92H169N5O23. The molecule has 0 bridgehead atoms. The number of Topliss-reactive ketones (excluding diaryl/α,β-unsaturated/α-hetero) is 4. The van der Waals surface area contributed by atoms with E-state index in [2.05, 4.69) is 26.6 Å². The van der Waals surface area contributed by atoms with Crippen molar-refractivity contribution in [3.63, 3.8) is 0 Å². The highest BCUT2D eigenvalue weighted by molar-refractivity contribution is 5.99. The Morgan fingerprint density at radius 1 is 0.392 bits per heavy atom. The molecule has 28 heteroatoms. The van der Waals surface area contributed by atoms with Gasteiger partial charge in [0, 0.05) is 116 Å². The molecule has 0 aromatic heterocycles. The number of hydrogen-bond donors (Lipinski definition) is 8. The zero-order valence-electron chi connectivity index (χ0n) is 96.9. The fourth-order valence-electron chi connectivity index (χ4n) is 11.4. The highest BCUT2D eigenvalue weighted by atomic mass is 16.7. The molecule has 3 saturated heterocycles. The number of rotatable bonds is 51. The molecule has 3 aliphatic rings. The predicted octanol–water partition coefficient (Wildman–Crippen LogP) is 12.5. The molecule has 0 saturated carbocycles. The lowest BCUT2D eigenvalue weighted by Gasteiger charge is -2.23. The molecule has 3 rings (SSSR count). The van der Waals surface area contributed by atoms with Gasteiger partial charge in [0.15, 0.2) is 47.5 Å². The number of ether oxygens (including phenoxy) is 7. The van der Waals surface area contributed by atoms with E-state index in [4.69, 9.17) is 70.8 Å². The van der Waals surface area contributed by atoms with Crippen LogP contribution in [0.5, 0.6) is 0 Å². The fraction of sp³-hybridized carbons (Fsp3) is 0.859. The summed E-state index contributed by atoms with van der Waals surface area (Å²) in [5.74, 6) is -15.5. The van der Waals surface area contributed by atoms with Crippen LogP contribution in [-0.4, -0.2) is 204 Å². The van der Waals surface area contributed by atoms with Crippen molar-refractivity contribution in [2.75, 3.05) is 59.2 Å². The maximum atomic E-state index is 12.6. The summed E-state index contributed by atoms with van der Waals surface area (Å²) in [6, 6.07) is 0. The van der Waals surface area contributed by atoms with E-state index in [1.54, 1.807) is 62.3 Å². The van der Waals surface area contributed by atoms with Crippen LogP contribution in [0, 0.1) is 88.6 Å². The van der Waals surface area contributed by atoms with E-state index >= 15 is 0 Å². The predicted molar refractivity (Wildman–Crippen MR) is 466 cm³/mol. The first-order chi connectivity index (χ1) is 63.1. The summed E-state index contributed by atoms with van der Waals surface area (Å²) in [4.78, 5) is 158. The highest BCUT2D eigenvalue weighted by Crippen LogP contribution is 2.32. The summed E-state index contributed by atoms with van der Waals surface area (Å²) in [5, 5.41) is 41.1. The molecule has 0 radical (unpaired) electrons. The molecular weight excluding hydrogens is 1540 g/mol. The standard InChI is InChI=1S/C18H31NO7.C18H31NO5.C17H29NO5.2C17H33NO3.C5H12/c1-5-25-17(23)15-14(26-15)13(21)9-12(8-11(2)3)16(22)19-7-6-18(4,24)10-20;1-6-23-18(22)16-15(24-16)14(20)10-13(9-12(4)5)17(21)19-8-7-11(2)3;1-10(2)7-13(17(22)18-6-5-11(3)9-19)8-14(21)16-15(23-16)12(4)20;2*1-12(2)8-9-18-16(20)14(10-13(3)4)11-15(19)21-17(5,6)7;1-4-5(2)3/h11-12,14-15,20,24H,5-10H2,1-4H3,(H,19,22);11-13,15-16H,6-10H2,1-5H3,(H,19,21);10-11,13,15-16,19H,5-9H2,1-4H3,(H,18,22);2*12-14H,8-11H2,1-7H3,(H,18,20);5H,4H2,1-3H3/t12-,14-,15+,18?;13-,15-,16+;11-,13-,15-,16-;2*14-;/m11111./s1/i;2D3,11D;;1D3,3D3,12D,13D;1D3,12D;2D3,5D/t;11?,13-,15-,16+;;12?,13?,14-;12?,14-;. The Morgan fingerprint density at radius 2 is 0.675 bits per heavy atom. The second-order valence-electron chi connectivity index (χ2n) is 35.3. The number of epoxide rings is 3. The normalized spacial score (nSPS) is 23.8. The third kappa shape index (κ3) is 61.1. The van der Waals surface area contributed by atoms with Gasteiger partial charge in [-0.1, -0.05) is 145 Å². The van der Waals surface area contributed by atoms with Gasteiger partial charge in [0.25, 0.3) is 0 Å². The SMILES string of the molecule is CC(=O)[C@H]1O[C@@H]1C(=O)C[C@@H](CC(C)C)C(=O)NCC[C@@H](C)CO.CCOC(=O)[C@H]1O[C@@H]1C(=O)C[C@@H](CC(C)C)C(=O)NCCC(C)(O)CO.[2H]C([2H])([2H])C([2H])(C)CC.[2H]C([2H])([2H])C([2H])(C)CCNC(=O)[C@@H](CC(=O)OC(C)(C)C)CC(C)C.[2H]C([2H])([2H])C([2H])(C)CCNC(=O)[C@@H](CC(=O)OC(C)(C)C)CC([2H])(C)C([2H])([2H])[2H].[2H]C([2H])([2H])C([2H])(C)CCNC(=O)[C@@H](CC(=O)[C@H]1O[C@@H]1C(=O)OCC)CC(C)C. The third-order valence-electron chi connectivity index (χ3n) is 17.8. The summed E-state index contributed by atoms with van der Waals surface area (Å²) in [7, 11) is 0. The first-order valence-electron chi connectivity index (χ1n) is 52.3. The largest absolute Gasteiger partial charge is 0.464 e. The van der Waals surface area contributed by atoms with Crippen LogP contribution in [-0.2, 0) is 95.5 Å². The second-order valence-corrected chi connectivity index (χ2v) is 35.3. The van der Waals surface area contributed by atoms with Crippen LogP contribution >= 0.6 is 0 Å². The van der Waals surface area contributed by atoms with E-state index in [1.165, 1.54) is 48.5 Å². The third-order valence-corrected chi connectivity index (χ3v) is 17.8. The van der Waals surface area contributed by atoms with E-state index in [-0.39, 0.29) is 168 Å².